The number of hydrogen-bond donors (Lipinski definition) is 1. The summed E-state index contributed by atoms with van der Waals surface area (Å²) < 4.78 is 0. The van der Waals surface area contributed by atoms with E-state index in [0.29, 0.717) is 6.04 Å². The lowest BCUT2D eigenvalue weighted by molar-refractivity contribution is 0.169. The van der Waals surface area contributed by atoms with Gasteiger partial charge in [0.05, 0.1) is 0 Å². The zero-order valence-electron chi connectivity index (χ0n) is 12.2. The second-order valence-electron chi connectivity index (χ2n) is 6.67. The van der Waals surface area contributed by atoms with Gasteiger partial charge in [0.25, 0.3) is 0 Å². The zero-order valence-corrected chi connectivity index (χ0v) is 12.2. The molecule has 2 fully saturated rings. The van der Waals surface area contributed by atoms with E-state index in [1.54, 1.807) is 0 Å². The Morgan fingerprint density at radius 3 is 2.60 bits per heavy atom. The van der Waals surface area contributed by atoms with Crippen LogP contribution in [-0.4, -0.2) is 42.0 Å². The molecule has 0 aromatic heterocycles. The van der Waals surface area contributed by atoms with E-state index >= 15 is 0 Å². The Balaban J connectivity index is 1.58. The summed E-state index contributed by atoms with van der Waals surface area (Å²) in [5.41, 5.74) is 9.22. The Hall–Kier alpha value is -0.900. The number of hydrogen-bond acceptors (Lipinski definition) is 3. The average molecular weight is 271 g/mol. The number of benzene rings is 1. The van der Waals surface area contributed by atoms with Crippen LogP contribution in [0, 0.1) is 0 Å². The van der Waals surface area contributed by atoms with E-state index in [1.165, 1.54) is 56.6 Å². The Morgan fingerprint density at radius 2 is 1.70 bits per heavy atom. The van der Waals surface area contributed by atoms with E-state index < -0.39 is 0 Å². The van der Waals surface area contributed by atoms with E-state index in [0.717, 1.165) is 12.5 Å². The minimum absolute atomic E-state index is 0.235. The predicted molar refractivity (Wildman–Crippen MR) is 81.5 cm³/mol. The van der Waals surface area contributed by atoms with Crippen LogP contribution >= 0.6 is 0 Å². The summed E-state index contributed by atoms with van der Waals surface area (Å²) in [6, 6.07) is 10.4. The minimum Gasteiger partial charge on any atom is -0.324 e. The number of nitrogens with zero attached hydrogens (tertiary/aromatic N) is 2. The maximum atomic E-state index is 6.35. The Bertz CT molecular complexity index is 487. The van der Waals surface area contributed by atoms with Crippen LogP contribution in [0.25, 0.3) is 0 Å². The van der Waals surface area contributed by atoms with Crippen molar-refractivity contribution in [3.63, 3.8) is 0 Å². The maximum Gasteiger partial charge on any atom is 0.0370 e. The van der Waals surface area contributed by atoms with Crippen molar-refractivity contribution in [1.82, 2.24) is 9.80 Å². The lowest BCUT2D eigenvalue weighted by Gasteiger charge is -2.31. The fourth-order valence-corrected chi connectivity index (χ4v) is 4.51. The van der Waals surface area contributed by atoms with E-state index in [9.17, 15) is 0 Å². The second-order valence-corrected chi connectivity index (χ2v) is 6.67. The molecule has 2 aliphatic heterocycles. The highest BCUT2D eigenvalue weighted by atomic mass is 15.3. The zero-order chi connectivity index (χ0) is 13.5. The molecule has 3 aliphatic rings. The molecule has 3 heteroatoms. The van der Waals surface area contributed by atoms with Crippen molar-refractivity contribution in [2.45, 2.75) is 43.8 Å². The van der Waals surface area contributed by atoms with Crippen molar-refractivity contribution in [3.8, 4) is 0 Å². The molecule has 3 atom stereocenters. The van der Waals surface area contributed by atoms with Gasteiger partial charge in [-0.3, -0.25) is 9.80 Å². The molecule has 0 saturated carbocycles. The number of nitrogens with two attached hydrogens (primary N) is 1. The first-order valence-corrected chi connectivity index (χ1v) is 8.15. The van der Waals surface area contributed by atoms with Crippen LogP contribution in [-0.2, 0) is 0 Å². The Labute approximate surface area is 121 Å². The first kappa shape index (κ1) is 12.8. The quantitative estimate of drug-likeness (QED) is 0.850. The fraction of sp³-hybridized carbons (Fsp3) is 0.647. The van der Waals surface area contributed by atoms with Gasteiger partial charge in [-0.2, -0.15) is 0 Å². The fourth-order valence-electron chi connectivity index (χ4n) is 4.51. The molecule has 108 valence electrons. The molecule has 2 N–H and O–H groups in total. The number of fused-ring (bicyclic) bond motifs is 2. The third-order valence-electron chi connectivity index (χ3n) is 5.51. The van der Waals surface area contributed by atoms with Gasteiger partial charge in [-0.05, 0) is 49.9 Å². The molecule has 0 bridgehead atoms. The molecule has 0 radical (unpaired) electrons. The molecule has 0 spiro atoms. The maximum absolute atomic E-state index is 6.35. The molecule has 0 amide bonds. The molecule has 1 aromatic rings. The van der Waals surface area contributed by atoms with Crippen LogP contribution in [0.15, 0.2) is 24.3 Å². The van der Waals surface area contributed by atoms with Crippen molar-refractivity contribution in [2.24, 2.45) is 5.73 Å². The minimum atomic E-state index is 0.235. The molecule has 3 nitrogen and oxygen atoms in total. The van der Waals surface area contributed by atoms with Gasteiger partial charge in [-0.1, -0.05) is 24.3 Å². The van der Waals surface area contributed by atoms with Crippen LogP contribution in [0.4, 0.5) is 0 Å². The predicted octanol–water partition coefficient (Wildman–Crippen LogP) is 2.30. The lowest BCUT2D eigenvalue weighted by Crippen LogP contribution is -2.38. The molecule has 2 heterocycles. The third kappa shape index (κ3) is 2.09. The second kappa shape index (κ2) is 5.14. The van der Waals surface area contributed by atoms with Crippen molar-refractivity contribution >= 4 is 0 Å². The van der Waals surface area contributed by atoms with E-state index in [-0.39, 0.29) is 6.04 Å². The summed E-state index contributed by atoms with van der Waals surface area (Å²) in [5.74, 6) is 0. The van der Waals surface area contributed by atoms with Gasteiger partial charge in [0.15, 0.2) is 0 Å². The van der Waals surface area contributed by atoms with Crippen molar-refractivity contribution in [1.29, 1.82) is 0 Å². The molecular weight excluding hydrogens is 246 g/mol. The van der Waals surface area contributed by atoms with Crippen LogP contribution in [0.1, 0.15) is 48.9 Å². The summed E-state index contributed by atoms with van der Waals surface area (Å²) in [4.78, 5) is 5.43. The van der Waals surface area contributed by atoms with Crippen molar-refractivity contribution in [2.75, 3.05) is 26.2 Å². The summed E-state index contributed by atoms with van der Waals surface area (Å²) in [7, 11) is 0. The number of rotatable bonds is 1. The first-order valence-electron chi connectivity index (χ1n) is 8.15. The molecule has 3 unspecified atom stereocenters. The van der Waals surface area contributed by atoms with Crippen molar-refractivity contribution < 1.29 is 0 Å². The van der Waals surface area contributed by atoms with Gasteiger partial charge >= 0.3 is 0 Å². The largest absolute Gasteiger partial charge is 0.324 e. The topological polar surface area (TPSA) is 32.5 Å². The van der Waals surface area contributed by atoms with Crippen LogP contribution in [0.2, 0.25) is 0 Å². The smallest absolute Gasteiger partial charge is 0.0370 e. The van der Waals surface area contributed by atoms with Crippen LogP contribution in [0.3, 0.4) is 0 Å². The van der Waals surface area contributed by atoms with Crippen LogP contribution < -0.4 is 5.73 Å². The molecule has 1 aliphatic carbocycles. The highest BCUT2D eigenvalue weighted by Crippen LogP contribution is 2.41. The third-order valence-corrected chi connectivity index (χ3v) is 5.51. The summed E-state index contributed by atoms with van der Waals surface area (Å²) in [6.07, 6.45) is 5.19. The SMILES string of the molecule is NC1CC(N2CCCN3CCCC3C2)c2ccccc21. The molecular formula is C17H25N3. The highest BCUT2D eigenvalue weighted by molar-refractivity contribution is 5.37. The van der Waals surface area contributed by atoms with E-state index in [4.69, 9.17) is 5.73 Å². The van der Waals surface area contributed by atoms with Crippen molar-refractivity contribution in [3.05, 3.63) is 35.4 Å². The summed E-state index contributed by atoms with van der Waals surface area (Å²) in [6.45, 7) is 5.09. The standard InChI is InChI=1S/C17H25N3/c18-16-11-17(15-7-2-1-6-14(15)16)20-10-4-9-19-8-3-5-13(19)12-20/h1-2,6-7,13,16-17H,3-5,8-12,18H2. The molecule has 1 aromatic carbocycles. The lowest BCUT2D eigenvalue weighted by atomic mass is 10.1. The molecule has 20 heavy (non-hydrogen) atoms. The monoisotopic (exact) mass is 271 g/mol. The van der Waals surface area contributed by atoms with Gasteiger partial charge in [0, 0.05) is 31.2 Å². The summed E-state index contributed by atoms with van der Waals surface area (Å²) >= 11 is 0. The van der Waals surface area contributed by atoms with Crippen LogP contribution in [0.5, 0.6) is 0 Å². The molecule has 4 rings (SSSR count). The summed E-state index contributed by atoms with van der Waals surface area (Å²) in [5, 5.41) is 0. The average Bonchev–Trinajstić information content (AvgIpc) is 2.98. The van der Waals surface area contributed by atoms with Gasteiger partial charge in [0.2, 0.25) is 0 Å². The van der Waals surface area contributed by atoms with E-state index in [1.807, 2.05) is 0 Å². The molecule has 2 saturated heterocycles. The van der Waals surface area contributed by atoms with Gasteiger partial charge in [-0.25, -0.2) is 0 Å². The Kier molecular flexibility index (Phi) is 3.29. The van der Waals surface area contributed by atoms with Gasteiger partial charge in [0.1, 0.15) is 0 Å². The van der Waals surface area contributed by atoms with Gasteiger partial charge in [-0.15, -0.1) is 0 Å². The Morgan fingerprint density at radius 1 is 0.950 bits per heavy atom. The normalized spacial score (nSPS) is 34.8. The highest BCUT2D eigenvalue weighted by Gasteiger charge is 2.36. The first-order chi connectivity index (χ1) is 9.83. The van der Waals surface area contributed by atoms with E-state index in [2.05, 4.69) is 34.1 Å². The van der Waals surface area contributed by atoms with Gasteiger partial charge < -0.3 is 5.73 Å².